The second kappa shape index (κ2) is 5.50. The fourth-order valence-corrected chi connectivity index (χ4v) is 3.16. The van der Waals surface area contributed by atoms with Crippen molar-refractivity contribution in [2.24, 2.45) is 5.92 Å². The third-order valence-electron chi connectivity index (χ3n) is 3.14. The molecule has 7 heteroatoms. The number of aryl methyl sites for hydroxylation is 1. The van der Waals surface area contributed by atoms with Crippen molar-refractivity contribution >= 4 is 17.3 Å². The average molecular weight is 290 g/mol. The second-order valence-electron chi connectivity index (χ2n) is 4.84. The summed E-state index contributed by atoms with van der Waals surface area (Å²) in [4.78, 5) is 17.7. The molecule has 2 rings (SSSR count). The van der Waals surface area contributed by atoms with E-state index in [4.69, 9.17) is 5.11 Å². The minimum Gasteiger partial charge on any atom is -0.481 e. The summed E-state index contributed by atoms with van der Waals surface area (Å²) >= 11 is 1.49. The molecule has 106 valence electrons. The topological polar surface area (TPSA) is 53.4 Å². The first-order valence-electron chi connectivity index (χ1n) is 6.16. The molecule has 0 saturated carbocycles. The number of aliphatic carboxylic acids is 1. The van der Waals surface area contributed by atoms with Gasteiger partial charge >= 0.3 is 5.97 Å². The van der Waals surface area contributed by atoms with E-state index in [2.05, 4.69) is 4.98 Å². The Hall–Kier alpha value is -1.08. The molecule has 0 bridgehead atoms. The van der Waals surface area contributed by atoms with Crippen LogP contribution in [-0.2, 0) is 17.8 Å². The molecule has 0 amide bonds. The molecule has 2 heterocycles. The molecule has 1 aromatic heterocycles. The molecule has 1 aromatic rings. The monoisotopic (exact) mass is 290 g/mol. The summed E-state index contributed by atoms with van der Waals surface area (Å²) in [6.45, 7) is 2.07. The van der Waals surface area contributed by atoms with Gasteiger partial charge < -0.3 is 5.11 Å². The number of hydrogen-bond donors (Lipinski definition) is 1. The third-order valence-corrected chi connectivity index (χ3v) is 4.26. The molecule has 4 nitrogen and oxygen atoms in total. The van der Waals surface area contributed by atoms with Crippen molar-refractivity contribution in [2.45, 2.75) is 32.2 Å². The Labute approximate surface area is 114 Å². The molecule has 1 saturated heterocycles. The number of hydrogen-bond acceptors (Lipinski definition) is 4. The van der Waals surface area contributed by atoms with E-state index in [9.17, 15) is 13.6 Å². The van der Waals surface area contributed by atoms with Gasteiger partial charge in [-0.05, 0) is 6.42 Å². The molecule has 0 radical (unpaired) electrons. The minimum absolute atomic E-state index is 0.159. The SMILES string of the molecule is CCc1cnc(CN2CC(C(=O)O)CC(F)(F)C2)s1. The number of halogens is 2. The number of thiazole rings is 1. The summed E-state index contributed by atoms with van der Waals surface area (Å²) in [6, 6.07) is 0. The van der Waals surface area contributed by atoms with Crippen LogP contribution >= 0.6 is 11.3 Å². The lowest BCUT2D eigenvalue weighted by Gasteiger charge is -2.35. The highest BCUT2D eigenvalue weighted by atomic mass is 32.1. The molecule has 1 N–H and O–H groups in total. The zero-order valence-electron chi connectivity index (χ0n) is 10.6. The number of carboxylic acids is 1. The Bertz CT molecular complexity index is 464. The summed E-state index contributed by atoms with van der Waals surface area (Å²) in [5.74, 6) is -5.10. The maximum absolute atomic E-state index is 13.5. The van der Waals surface area contributed by atoms with Crippen molar-refractivity contribution in [3.05, 3.63) is 16.1 Å². The van der Waals surface area contributed by atoms with E-state index in [0.717, 1.165) is 16.3 Å². The number of carbonyl (C=O) groups is 1. The van der Waals surface area contributed by atoms with Crippen LogP contribution < -0.4 is 0 Å². The third kappa shape index (κ3) is 3.70. The predicted molar refractivity (Wildman–Crippen MR) is 67.5 cm³/mol. The summed E-state index contributed by atoms with van der Waals surface area (Å²) in [5, 5.41) is 9.69. The van der Waals surface area contributed by atoms with Gasteiger partial charge in [0, 0.05) is 24.0 Å². The highest BCUT2D eigenvalue weighted by Gasteiger charge is 2.43. The number of nitrogens with zero attached hydrogens (tertiary/aromatic N) is 2. The second-order valence-corrected chi connectivity index (χ2v) is 6.04. The van der Waals surface area contributed by atoms with Gasteiger partial charge in [-0.15, -0.1) is 11.3 Å². The number of alkyl halides is 2. The van der Waals surface area contributed by atoms with Crippen molar-refractivity contribution < 1.29 is 18.7 Å². The molecule has 0 aromatic carbocycles. The number of likely N-dealkylation sites (tertiary alicyclic amines) is 1. The normalized spacial score (nSPS) is 23.4. The molecule has 0 spiro atoms. The molecule has 1 aliphatic rings. The lowest BCUT2D eigenvalue weighted by atomic mass is 9.95. The Kier molecular flexibility index (Phi) is 4.15. The van der Waals surface area contributed by atoms with Crippen molar-refractivity contribution in [2.75, 3.05) is 13.1 Å². The molecular weight excluding hydrogens is 274 g/mol. The first kappa shape index (κ1) is 14.3. The largest absolute Gasteiger partial charge is 0.481 e. The van der Waals surface area contributed by atoms with E-state index in [1.165, 1.54) is 16.2 Å². The highest BCUT2D eigenvalue weighted by Crippen LogP contribution is 2.31. The van der Waals surface area contributed by atoms with Crippen LogP contribution in [0.25, 0.3) is 0 Å². The number of rotatable bonds is 4. The summed E-state index contributed by atoms with van der Waals surface area (Å²) in [7, 11) is 0. The standard InChI is InChI=1S/C12H16F2N2O2S/c1-2-9-4-15-10(19-9)6-16-5-8(11(17)18)3-12(13,14)7-16/h4,8H,2-3,5-7H2,1H3,(H,17,18). The van der Waals surface area contributed by atoms with Crippen molar-refractivity contribution in [3.8, 4) is 0 Å². The zero-order chi connectivity index (χ0) is 14.0. The minimum atomic E-state index is -2.94. The van der Waals surface area contributed by atoms with Crippen molar-refractivity contribution in [1.82, 2.24) is 9.88 Å². The number of carboxylic acid groups (broad SMARTS) is 1. The molecule has 1 atom stereocenters. The Balaban J connectivity index is 2.04. The lowest BCUT2D eigenvalue weighted by Crippen LogP contribution is -2.48. The van der Waals surface area contributed by atoms with Gasteiger partial charge in [-0.2, -0.15) is 0 Å². The zero-order valence-corrected chi connectivity index (χ0v) is 11.4. The van der Waals surface area contributed by atoms with Gasteiger partial charge in [0.2, 0.25) is 0 Å². The molecule has 1 fully saturated rings. The summed E-state index contributed by atoms with van der Waals surface area (Å²) in [6.07, 6.45) is 2.04. The maximum Gasteiger partial charge on any atom is 0.308 e. The van der Waals surface area contributed by atoms with Gasteiger partial charge in [-0.3, -0.25) is 9.69 Å². The first-order valence-corrected chi connectivity index (χ1v) is 6.98. The molecule has 19 heavy (non-hydrogen) atoms. The fourth-order valence-electron chi connectivity index (χ4n) is 2.25. The van der Waals surface area contributed by atoms with Crippen LogP contribution in [0.15, 0.2) is 6.20 Å². The van der Waals surface area contributed by atoms with Gasteiger partial charge in [-0.25, -0.2) is 13.8 Å². The fraction of sp³-hybridized carbons (Fsp3) is 0.667. The van der Waals surface area contributed by atoms with Crippen LogP contribution in [0.2, 0.25) is 0 Å². The van der Waals surface area contributed by atoms with Gasteiger partial charge in [-0.1, -0.05) is 6.92 Å². The quantitative estimate of drug-likeness (QED) is 0.924. The van der Waals surface area contributed by atoms with E-state index < -0.39 is 30.8 Å². The highest BCUT2D eigenvalue weighted by molar-refractivity contribution is 7.11. The Morgan fingerprint density at radius 3 is 3.00 bits per heavy atom. The maximum atomic E-state index is 13.5. The molecular formula is C12H16F2N2O2S. The number of piperidine rings is 1. The van der Waals surface area contributed by atoms with Crippen molar-refractivity contribution in [3.63, 3.8) is 0 Å². The first-order chi connectivity index (χ1) is 8.89. The smallest absolute Gasteiger partial charge is 0.308 e. The predicted octanol–water partition coefficient (Wildman–Crippen LogP) is 2.25. The van der Waals surface area contributed by atoms with E-state index in [0.29, 0.717) is 6.54 Å². The van der Waals surface area contributed by atoms with Gasteiger partial charge in [0.1, 0.15) is 5.01 Å². The summed E-state index contributed by atoms with van der Waals surface area (Å²) in [5.41, 5.74) is 0. The van der Waals surface area contributed by atoms with E-state index in [1.54, 1.807) is 6.20 Å². The van der Waals surface area contributed by atoms with E-state index >= 15 is 0 Å². The molecule has 0 aliphatic carbocycles. The van der Waals surface area contributed by atoms with Crippen LogP contribution in [0.5, 0.6) is 0 Å². The van der Waals surface area contributed by atoms with E-state index in [1.807, 2.05) is 6.92 Å². The van der Waals surface area contributed by atoms with Crippen LogP contribution in [-0.4, -0.2) is 40.0 Å². The molecule has 1 aliphatic heterocycles. The van der Waals surface area contributed by atoms with Crippen molar-refractivity contribution in [1.29, 1.82) is 0 Å². The van der Waals surface area contributed by atoms with Crippen LogP contribution in [0.4, 0.5) is 8.78 Å². The van der Waals surface area contributed by atoms with Gasteiger partial charge in [0.05, 0.1) is 19.0 Å². The Morgan fingerprint density at radius 1 is 1.68 bits per heavy atom. The molecule has 1 unspecified atom stereocenters. The van der Waals surface area contributed by atoms with Gasteiger partial charge in [0.25, 0.3) is 5.92 Å². The van der Waals surface area contributed by atoms with Crippen LogP contribution in [0, 0.1) is 5.92 Å². The van der Waals surface area contributed by atoms with E-state index in [-0.39, 0.29) is 6.54 Å². The summed E-state index contributed by atoms with van der Waals surface area (Å²) < 4.78 is 27.0. The van der Waals surface area contributed by atoms with Gasteiger partial charge in [0.15, 0.2) is 0 Å². The lowest BCUT2D eigenvalue weighted by molar-refractivity contribution is -0.153. The number of aromatic nitrogens is 1. The average Bonchev–Trinajstić information content (AvgIpc) is 2.74. The Morgan fingerprint density at radius 2 is 2.42 bits per heavy atom. The van der Waals surface area contributed by atoms with Crippen LogP contribution in [0.1, 0.15) is 23.2 Å². The van der Waals surface area contributed by atoms with Crippen LogP contribution in [0.3, 0.4) is 0 Å².